The third-order valence-corrected chi connectivity index (χ3v) is 5.10. The summed E-state index contributed by atoms with van der Waals surface area (Å²) >= 11 is 0. The van der Waals surface area contributed by atoms with Gasteiger partial charge in [0.25, 0.3) is 0 Å². The molecule has 5 rings (SSSR count). The number of imidazole rings is 1. The van der Waals surface area contributed by atoms with Gasteiger partial charge in [-0.1, -0.05) is 24.3 Å². The van der Waals surface area contributed by atoms with Crippen molar-refractivity contribution >= 4 is 28.9 Å². The molecule has 0 radical (unpaired) electrons. The molecule has 1 atom stereocenters. The van der Waals surface area contributed by atoms with Crippen LogP contribution in [-0.2, 0) is 6.54 Å². The van der Waals surface area contributed by atoms with E-state index in [0.29, 0.717) is 29.2 Å². The summed E-state index contributed by atoms with van der Waals surface area (Å²) in [6.07, 6.45) is 4.65. The van der Waals surface area contributed by atoms with Gasteiger partial charge >= 0.3 is 0 Å². The molecule has 29 heavy (non-hydrogen) atoms. The van der Waals surface area contributed by atoms with Gasteiger partial charge in [-0.2, -0.15) is 0 Å². The first-order valence-electron chi connectivity index (χ1n) is 9.21. The van der Waals surface area contributed by atoms with Crippen LogP contribution in [0.5, 0.6) is 0 Å². The molecule has 0 spiro atoms. The normalized spacial score (nSPS) is 15.7. The maximum atomic E-state index is 14.6. The molecule has 0 aliphatic carbocycles. The number of para-hydroxylation sites is 1. The van der Waals surface area contributed by atoms with Crippen molar-refractivity contribution in [1.29, 1.82) is 0 Å². The van der Waals surface area contributed by atoms with Crippen LogP contribution in [0.3, 0.4) is 0 Å². The summed E-state index contributed by atoms with van der Waals surface area (Å²) in [6, 6.07) is 12.7. The van der Waals surface area contributed by atoms with Crippen molar-refractivity contribution in [3.05, 3.63) is 77.1 Å². The molecule has 2 N–H and O–H groups in total. The highest BCUT2D eigenvalue weighted by Gasteiger charge is 2.23. The Labute approximate surface area is 165 Å². The van der Waals surface area contributed by atoms with E-state index in [-0.39, 0.29) is 12.0 Å². The third kappa shape index (κ3) is 2.89. The number of nitrogen functional groups attached to an aromatic ring is 1. The Kier molecular flexibility index (Phi) is 3.97. The minimum absolute atomic E-state index is 0.303. The Morgan fingerprint density at radius 1 is 1.07 bits per heavy atom. The second kappa shape index (κ2) is 6.66. The van der Waals surface area contributed by atoms with Crippen molar-refractivity contribution in [1.82, 2.24) is 19.5 Å². The Hall–Kier alpha value is -3.81. The molecule has 4 aromatic rings. The topological polar surface area (TPSA) is 85.2 Å². The maximum absolute atomic E-state index is 14.6. The van der Waals surface area contributed by atoms with E-state index in [1.807, 2.05) is 46.9 Å². The number of fused-ring (bicyclic) bond motifs is 2. The van der Waals surface area contributed by atoms with Crippen molar-refractivity contribution in [3.63, 3.8) is 0 Å². The zero-order chi connectivity index (χ0) is 20.0. The number of hydrogen-bond donors (Lipinski definition) is 1. The van der Waals surface area contributed by atoms with Gasteiger partial charge in [-0.25, -0.2) is 19.3 Å². The predicted molar refractivity (Wildman–Crippen MR) is 109 cm³/mol. The summed E-state index contributed by atoms with van der Waals surface area (Å²) in [5, 5.41) is 1.86. The van der Waals surface area contributed by atoms with E-state index in [4.69, 9.17) is 10.7 Å². The summed E-state index contributed by atoms with van der Waals surface area (Å²) in [5.74, 6) is 0.0240. The number of aromatic nitrogens is 4. The van der Waals surface area contributed by atoms with Crippen LogP contribution in [0.25, 0.3) is 17.4 Å². The molecule has 1 unspecified atom stereocenters. The summed E-state index contributed by atoms with van der Waals surface area (Å²) < 4.78 is 16.5. The van der Waals surface area contributed by atoms with Crippen LogP contribution in [0.4, 0.5) is 15.9 Å². The molecule has 3 heterocycles. The summed E-state index contributed by atoms with van der Waals surface area (Å²) in [6.45, 7) is 2.44. The van der Waals surface area contributed by atoms with Crippen LogP contribution in [0, 0.1) is 12.7 Å². The number of halogens is 1. The van der Waals surface area contributed by atoms with Gasteiger partial charge in [-0.05, 0) is 30.7 Å². The Balaban J connectivity index is 1.66. The van der Waals surface area contributed by atoms with Crippen LogP contribution in [0.1, 0.15) is 5.56 Å². The molecular formula is C21H18FN7. The van der Waals surface area contributed by atoms with Gasteiger partial charge < -0.3 is 15.2 Å². The molecule has 2 aromatic carbocycles. The predicted octanol–water partition coefficient (Wildman–Crippen LogP) is 1.76. The average Bonchev–Trinajstić information content (AvgIpc) is 3.13. The number of nitrogens with zero attached hydrogens (tertiary/aromatic N) is 6. The zero-order valence-corrected chi connectivity index (χ0v) is 15.7. The van der Waals surface area contributed by atoms with Crippen LogP contribution in [0.2, 0.25) is 0 Å². The van der Waals surface area contributed by atoms with Crippen LogP contribution >= 0.6 is 0 Å². The SMILES string of the molecule is Cc1cccc2c1=CN(c1ccccc1F)C(Cn1cnc3c(N)ncnc31)N=2. The second-order valence-corrected chi connectivity index (χ2v) is 6.93. The molecule has 0 amide bonds. The molecule has 1 aliphatic heterocycles. The van der Waals surface area contributed by atoms with E-state index < -0.39 is 0 Å². The lowest BCUT2D eigenvalue weighted by Gasteiger charge is -2.31. The van der Waals surface area contributed by atoms with Crippen molar-refractivity contribution in [2.24, 2.45) is 4.99 Å². The molecule has 144 valence electrons. The van der Waals surface area contributed by atoms with Gasteiger partial charge in [-0.15, -0.1) is 0 Å². The number of rotatable bonds is 3. The summed E-state index contributed by atoms with van der Waals surface area (Å²) in [7, 11) is 0. The molecule has 8 heteroatoms. The number of hydrogen-bond acceptors (Lipinski definition) is 6. The van der Waals surface area contributed by atoms with Crippen LogP contribution in [-0.4, -0.2) is 25.7 Å². The molecule has 7 nitrogen and oxygen atoms in total. The number of benzene rings is 2. The van der Waals surface area contributed by atoms with Gasteiger partial charge in [-0.3, -0.25) is 4.99 Å². The van der Waals surface area contributed by atoms with E-state index in [9.17, 15) is 4.39 Å². The van der Waals surface area contributed by atoms with Gasteiger partial charge in [0.1, 0.15) is 23.8 Å². The van der Waals surface area contributed by atoms with Gasteiger partial charge in [0.2, 0.25) is 0 Å². The number of anilines is 2. The monoisotopic (exact) mass is 387 g/mol. The van der Waals surface area contributed by atoms with Gasteiger partial charge in [0, 0.05) is 11.4 Å². The second-order valence-electron chi connectivity index (χ2n) is 6.93. The highest BCUT2D eigenvalue weighted by molar-refractivity contribution is 5.81. The molecule has 2 aromatic heterocycles. The van der Waals surface area contributed by atoms with Crippen LogP contribution < -0.4 is 21.2 Å². The smallest absolute Gasteiger partial charge is 0.165 e. The van der Waals surface area contributed by atoms with Crippen LogP contribution in [0.15, 0.2) is 60.1 Å². The third-order valence-electron chi connectivity index (χ3n) is 5.10. The highest BCUT2D eigenvalue weighted by Crippen LogP contribution is 2.25. The van der Waals surface area contributed by atoms with Crippen molar-refractivity contribution in [2.45, 2.75) is 19.6 Å². The zero-order valence-electron chi connectivity index (χ0n) is 15.7. The first-order valence-corrected chi connectivity index (χ1v) is 9.21. The number of nitrogens with two attached hydrogens (primary N) is 1. The lowest BCUT2D eigenvalue weighted by molar-refractivity contribution is 0.544. The van der Waals surface area contributed by atoms with E-state index >= 15 is 0 Å². The van der Waals surface area contributed by atoms with Crippen molar-refractivity contribution < 1.29 is 4.39 Å². The molecule has 0 saturated carbocycles. The van der Waals surface area contributed by atoms with E-state index in [1.165, 1.54) is 12.4 Å². The first kappa shape index (κ1) is 17.3. The Morgan fingerprint density at radius 3 is 2.79 bits per heavy atom. The Morgan fingerprint density at radius 2 is 1.93 bits per heavy atom. The largest absolute Gasteiger partial charge is 0.382 e. The molecule has 0 fully saturated rings. The van der Waals surface area contributed by atoms with Crippen molar-refractivity contribution in [2.75, 3.05) is 10.6 Å². The highest BCUT2D eigenvalue weighted by atomic mass is 19.1. The summed E-state index contributed by atoms with van der Waals surface area (Å²) in [4.78, 5) is 19.4. The lowest BCUT2D eigenvalue weighted by Crippen LogP contribution is -2.45. The van der Waals surface area contributed by atoms with E-state index in [2.05, 4.69) is 15.0 Å². The fourth-order valence-corrected chi connectivity index (χ4v) is 3.62. The Bertz CT molecular complexity index is 1340. The quantitative estimate of drug-likeness (QED) is 0.579. The molecule has 1 aliphatic rings. The fraction of sp³-hybridized carbons (Fsp3) is 0.143. The minimum atomic E-state index is -0.380. The molecule has 0 saturated heterocycles. The first-order chi connectivity index (χ1) is 14.1. The fourth-order valence-electron chi connectivity index (χ4n) is 3.62. The average molecular weight is 387 g/mol. The molecular weight excluding hydrogens is 369 g/mol. The maximum Gasteiger partial charge on any atom is 0.165 e. The summed E-state index contributed by atoms with van der Waals surface area (Å²) in [5.41, 5.74) is 8.62. The van der Waals surface area contributed by atoms with Gasteiger partial charge in [0.05, 0.1) is 23.9 Å². The van der Waals surface area contributed by atoms with Gasteiger partial charge in [0.15, 0.2) is 11.5 Å². The minimum Gasteiger partial charge on any atom is -0.382 e. The lowest BCUT2D eigenvalue weighted by atomic mass is 10.1. The number of aryl methyl sites for hydroxylation is 1. The van der Waals surface area contributed by atoms with E-state index in [0.717, 1.165) is 16.1 Å². The van der Waals surface area contributed by atoms with Crippen molar-refractivity contribution in [3.8, 4) is 0 Å². The molecule has 0 bridgehead atoms. The standard InChI is InChI=1S/C21H18FN7/c1-13-5-4-7-16-14(13)9-29(17-8-3-2-6-15(17)22)18(27-16)10-28-12-26-19-20(23)24-11-25-21(19)28/h2-9,11-12,18H,10H2,1H3,(H2,23,24,25). The van der Waals surface area contributed by atoms with E-state index in [1.54, 1.807) is 18.5 Å².